The van der Waals surface area contributed by atoms with E-state index in [1.807, 2.05) is 0 Å². The molecule has 0 aromatic heterocycles. The van der Waals surface area contributed by atoms with Crippen LogP contribution in [0.3, 0.4) is 0 Å². The first kappa shape index (κ1) is 14.3. The molecule has 5 heteroatoms. The van der Waals surface area contributed by atoms with Crippen molar-refractivity contribution in [3.05, 3.63) is 0 Å². The van der Waals surface area contributed by atoms with Gasteiger partial charge in [0.1, 0.15) is 5.54 Å². The first-order valence-corrected chi connectivity index (χ1v) is 5.02. The molecule has 0 saturated carbocycles. The van der Waals surface area contributed by atoms with E-state index in [0.29, 0.717) is 19.4 Å². The van der Waals surface area contributed by atoms with E-state index >= 15 is 0 Å². The van der Waals surface area contributed by atoms with Crippen LogP contribution in [0.4, 0.5) is 0 Å². The number of hydrogen-bond acceptors (Lipinski definition) is 4. The zero-order chi connectivity index (χ0) is 12.1. The van der Waals surface area contributed by atoms with Gasteiger partial charge in [0.25, 0.3) is 0 Å². The van der Waals surface area contributed by atoms with E-state index in [1.165, 1.54) is 0 Å². The predicted octanol–water partition coefficient (Wildman–Crippen LogP) is 0.145. The zero-order valence-corrected chi connectivity index (χ0v) is 9.99. The molecular weight excluding hydrogens is 196 g/mol. The Bertz CT molecular complexity index is 209. The van der Waals surface area contributed by atoms with Gasteiger partial charge in [-0.05, 0) is 34.0 Å². The van der Waals surface area contributed by atoms with E-state index in [-0.39, 0.29) is 6.10 Å². The number of carbonyl (C=O) groups is 1. The average molecular weight is 218 g/mol. The molecule has 0 heterocycles. The SMILES string of the molecule is COC(CCN)C[C@@](C)(C(=O)O)N(C)C. The average Bonchev–Trinajstić information content (AvgIpc) is 2.16. The van der Waals surface area contributed by atoms with Crippen molar-refractivity contribution in [2.24, 2.45) is 5.73 Å². The maximum absolute atomic E-state index is 11.2. The summed E-state index contributed by atoms with van der Waals surface area (Å²) in [6.07, 6.45) is 0.995. The molecule has 0 aromatic carbocycles. The summed E-state index contributed by atoms with van der Waals surface area (Å²) in [6, 6.07) is 0. The maximum atomic E-state index is 11.2. The molecule has 0 spiro atoms. The van der Waals surface area contributed by atoms with Crippen molar-refractivity contribution in [2.75, 3.05) is 27.7 Å². The van der Waals surface area contributed by atoms with Gasteiger partial charge in [0.2, 0.25) is 0 Å². The van der Waals surface area contributed by atoms with Crippen molar-refractivity contribution in [1.82, 2.24) is 4.90 Å². The Hall–Kier alpha value is -0.650. The Morgan fingerprint density at radius 2 is 2.13 bits per heavy atom. The molecule has 0 aliphatic rings. The highest BCUT2D eigenvalue weighted by Crippen LogP contribution is 2.21. The van der Waals surface area contributed by atoms with Gasteiger partial charge >= 0.3 is 5.97 Å². The number of carboxylic acids is 1. The van der Waals surface area contributed by atoms with Crippen LogP contribution in [0.2, 0.25) is 0 Å². The molecule has 2 atom stereocenters. The van der Waals surface area contributed by atoms with Crippen LogP contribution in [0, 0.1) is 0 Å². The third-order valence-electron chi connectivity index (χ3n) is 2.89. The third-order valence-corrected chi connectivity index (χ3v) is 2.89. The van der Waals surface area contributed by atoms with Gasteiger partial charge in [0.15, 0.2) is 0 Å². The second-order valence-corrected chi connectivity index (χ2v) is 4.11. The molecule has 0 radical (unpaired) electrons. The topological polar surface area (TPSA) is 75.8 Å². The summed E-state index contributed by atoms with van der Waals surface area (Å²) in [6.45, 7) is 2.19. The van der Waals surface area contributed by atoms with Crippen molar-refractivity contribution in [3.63, 3.8) is 0 Å². The Kier molecular flexibility index (Phi) is 5.79. The van der Waals surface area contributed by atoms with Crippen LogP contribution in [-0.4, -0.2) is 55.4 Å². The fourth-order valence-electron chi connectivity index (χ4n) is 1.39. The summed E-state index contributed by atoms with van der Waals surface area (Å²) in [4.78, 5) is 12.9. The Labute approximate surface area is 91.2 Å². The van der Waals surface area contributed by atoms with E-state index in [9.17, 15) is 9.90 Å². The third kappa shape index (κ3) is 3.77. The Balaban J connectivity index is 4.59. The lowest BCUT2D eigenvalue weighted by Crippen LogP contribution is -2.51. The number of nitrogens with zero attached hydrogens (tertiary/aromatic N) is 1. The number of ether oxygens (including phenoxy) is 1. The molecule has 0 aliphatic heterocycles. The van der Waals surface area contributed by atoms with Crippen LogP contribution in [0.1, 0.15) is 19.8 Å². The molecule has 0 aromatic rings. The van der Waals surface area contributed by atoms with Crippen molar-refractivity contribution in [2.45, 2.75) is 31.4 Å². The smallest absolute Gasteiger partial charge is 0.323 e. The second kappa shape index (κ2) is 6.05. The largest absolute Gasteiger partial charge is 0.480 e. The molecule has 0 saturated heterocycles. The molecule has 0 rings (SSSR count). The van der Waals surface area contributed by atoms with Gasteiger partial charge in [-0.15, -0.1) is 0 Å². The minimum atomic E-state index is -0.907. The fraction of sp³-hybridized carbons (Fsp3) is 0.900. The Morgan fingerprint density at radius 3 is 2.40 bits per heavy atom. The summed E-state index contributed by atoms with van der Waals surface area (Å²) >= 11 is 0. The van der Waals surface area contributed by atoms with Crippen LogP contribution in [0.5, 0.6) is 0 Å². The molecule has 1 unspecified atom stereocenters. The molecule has 5 nitrogen and oxygen atoms in total. The highest BCUT2D eigenvalue weighted by molar-refractivity contribution is 5.78. The van der Waals surface area contributed by atoms with Crippen molar-refractivity contribution < 1.29 is 14.6 Å². The molecular formula is C10H22N2O3. The zero-order valence-electron chi connectivity index (χ0n) is 9.99. The number of hydrogen-bond donors (Lipinski definition) is 2. The fourth-order valence-corrected chi connectivity index (χ4v) is 1.39. The van der Waals surface area contributed by atoms with E-state index in [1.54, 1.807) is 33.0 Å². The van der Waals surface area contributed by atoms with Crippen molar-refractivity contribution in [3.8, 4) is 0 Å². The molecule has 0 fully saturated rings. The van der Waals surface area contributed by atoms with Gasteiger partial charge in [0, 0.05) is 13.5 Å². The molecule has 15 heavy (non-hydrogen) atoms. The summed E-state index contributed by atoms with van der Waals surface area (Å²) < 4.78 is 5.22. The number of aliphatic carboxylic acids is 1. The lowest BCUT2D eigenvalue weighted by molar-refractivity contribution is -0.151. The van der Waals surface area contributed by atoms with Crippen LogP contribution >= 0.6 is 0 Å². The Morgan fingerprint density at radius 1 is 1.60 bits per heavy atom. The normalized spacial score (nSPS) is 17.5. The van der Waals surface area contributed by atoms with E-state index in [2.05, 4.69) is 0 Å². The van der Waals surface area contributed by atoms with Crippen LogP contribution in [0.15, 0.2) is 0 Å². The highest BCUT2D eigenvalue weighted by Gasteiger charge is 2.37. The van der Waals surface area contributed by atoms with Gasteiger partial charge in [-0.25, -0.2) is 0 Å². The van der Waals surface area contributed by atoms with Gasteiger partial charge in [0.05, 0.1) is 6.10 Å². The molecule has 90 valence electrons. The van der Waals surface area contributed by atoms with E-state index in [0.717, 1.165) is 0 Å². The monoisotopic (exact) mass is 218 g/mol. The van der Waals surface area contributed by atoms with Crippen LogP contribution in [0.25, 0.3) is 0 Å². The number of rotatable bonds is 7. The summed E-state index contributed by atoms with van der Waals surface area (Å²) in [5.74, 6) is -0.841. The van der Waals surface area contributed by atoms with Crippen molar-refractivity contribution in [1.29, 1.82) is 0 Å². The van der Waals surface area contributed by atoms with Gasteiger partial charge < -0.3 is 15.6 Å². The van der Waals surface area contributed by atoms with E-state index in [4.69, 9.17) is 10.5 Å². The van der Waals surface area contributed by atoms with Gasteiger partial charge in [-0.1, -0.05) is 0 Å². The van der Waals surface area contributed by atoms with Gasteiger partial charge in [-0.2, -0.15) is 0 Å². The molecule has 0 aliphatic carbocycles. The second-order valence-electron chi connectivity index (χ2n) is 4.11. The molecule has 3 N–H and O–H groups in total. The minimum Gasteiger partial charge on any atom is -0.480 e. The minimum absolute atomic E-state index is 0.113. The van der Waals surface area contributed by atoms with Crippen LogP contribution in [-0.2, 0) is 9.53 Å². The molecule has 0 amide bonds. The van der Waals surface area contributed by atoms with Gasteiger partial charge in [-0.3, -0.25) is 9.69 Å². The predicted molar refractivity (Wildman–Crippen MR) is 58.8 cm³/mol. The number of likely N-dealkylation sites (N-methyl/N-ethyl adjacent to an activating group) is 1. The number of nitrogens with two attached hydrogens (primary N) is 1. The quantitative estimate of drug-likeness (QED) is 0.636. The summed E-state index contributed by atoms with van der Waals surface area (Å²) in [5, 5.41) is 9.19. The highest BCUT2D eigenvalue weighted by atomic mass is 16.5. The number of methoxy groups -OCH3 is 1. The lowest BCUT2D eigenvalue weighted by atomic mass is 9.92. The standard InChI is InChI=1S/C10H22N2O3/c1-10(9(13)14,12(2)3)7-8(15-4)5-6-11/h8H,5-7,11H2,1-4H3,(H,13,14)/t8?,10-/m0/s1. The lowest BCUT2D eigenvalue weighted by Gasteiger charge is -2.34. The van der Waals surface area contributed by atoms with Crippen LogP contribution < -0.4 is 5.73 Å². The first-order chi connectivity index (χ1) is 6.88. The maximum Gasteiger partial charge on any atom is 0.323 e. The molecule has 0 bridgehead atoms. The van der Waals surface area contributed by atoms with E-state index < -0.39 is 11.5 Å². The number of carboxylic acid groups (broad SMARTS) is 1. The summed E-state index contributed by atoms with van der Waals surface area (Å²) in [7, 11) is 5.09. The first-order valence-electron chi connectivity index (χ1n) is 5.02. The summed E-state index contributed by atoms with van der Waals surface area (Å²) in [5.41, 5.74) is 4.53. The van der Waals surface area contributed by atoms with Crippen molar-refractivity contribution >= 4 is 5.97 Å².